The summed E-state index contributed by atoms with van der Waals surface area (Å²) in [5, 5.41) is 9.99. The SMILES string of the molecule is OCC1(CCCc2ccccc2)CCN(Cc2cccnc2)CC1. The molecule has 24 heavy (non-hydrogen) atoms. The van der Waals surface area contributed by atoms with E-state index in [9.17, 15) is 5.11 Å². The van der Waals surface area contributed by atoms with Crippen molar-refractivity contribution in [1.29, 1.82) is 0 Å². The molecule has 3 rings (SSSR count). The number of aromatic nitrogens is 1. The van der Waals surface area contributed by atoms with E-state index in [4.69, 9.17) is 0 Å². The highest BCUT2D eigenvalue weighted by Crippen LogP contribution is 2.36. The number of nitrogens with zero attached hydrogens (tertiary/aromatic N) is 2. The monoisotopic (exact) mass is 324 g/mol. The van der Waals surface area contributed by atoms with Gasteiger partial charge in [-0.15, -0.1) is 0 Å². The Morgan fingerprint density at radius 1 is 1.00 bits per heavy atom. The summed E-state index contributed by atoms with van der Waals surface area (Å²) in [6.45, 7) is 3.43. The first-order valence-corrected chi connectivity index (χ1v) is 9.06. The Hall–Kier alpha value is -1.71. The Labute approximate surface area is 145 Å². The summed E-state index contributed by atoms with van der Waals surface area (Å²) in [6, 6.07) is 14.8. The third-order valence-electron chi connectivity index (χ3n) is 5.40. The number of aliphatic hydroxyl groups excluding tert-OH is 1. The van der Waals surface area contributed by atoms with Crippen molar-refractivity contribution < 1.29 is 5.11 Å². The van der Waals surface area contributed by atoms with Crippen LogP contribution in [0.2, 0.25) is 0 Å². The second kappa shape index (κ2) is 8.41. The average Bonchev–Trinajstić information content (AvgIpc) is 2.65. The first kappa shape index (κ1) is 17.1. The molecule has 0 radical (unpaired) electrons. The Morgan fingerprint density at radius 3 is 2.42 bits per heavy atom. The zero-order chi connectivity index (χ0) is 16.7. The van der Waals surface area contributed by atoms with Crippen LogP contribution < -0.4 is 0 Å². The van der Waals surface area contributed by atoms with Gasteiger partial charge in [-0.1, -0.05) is 36.4 Å². The van der Waals surface area contributed by atoms with E-state index >= 15 is 0 Å². The number of piperidine rings is 1. The van der Waals surface area contributed by atoms with E-state index in [1.165, 1.54) is 11.1 Å². The zero-order valence-electron chi connectivity index (χ0n) is 14.4. The van der Waals surface area contributed by atoms with Gasteiger partial charge in [-0.25, -0.2) is 0 Å². The molecule has 1 N–H and O–H groups in total. The highest BCUT2D eigenvalue weighted by Gasteiger charge is 2.33. The van der Waals surface area contributed by atoms with Crippen LogP contribution in [0.1, 0.15) is 36.8 Å². The molecular weight excluding hydrogens is 296 g/mol. The van der Waals surface area contributed by atoms with Gasteiger partial charge in [0.15, 0.2) is 0 Å². The normalized spacial score (nSPS) is 17.7. The van der Waals surface area contributed by atoms with Crippen molar-refractivity contribution in [2.24, 2.45) is 5.41 Å². The fraction of sp³-hybridized carbons (Fsp3) is 0.476. The molecule has 0 aliphatic carbocycles. The van der Waals surface area contributed by atoms with Crippen molar-refractivity contribution in [2.75, 3.05) is 19.7 Å². The number of rotatable bonds is 7. The standard InChI is InChI=1S/C21H28N2O/c24-18-21(10-4-8-19-6-2-1-3-7-19)11-14-23(15-12-21)17-20-9-5-13-22-16-20/h1-3,5-7,9,13,16,24H,4,8,10-12,14-15,17-18H2. The van der Waals surface area contributed by atoms with Crippen molar-refractivity contribution in [3.8, 4) is 0 Å². The summed E-state index contributed by atoms with van der Waals surface area (Å²) in [7, 11) is 0. The van der Waals surface area contributed by atoms with Crippen LogP contribution in [-0.4, -0.2) is 34.7 Å². The van der Waals surface area contributed by atoms with Gasteiger partial charge in [0, 0.05) is 25.5 Å². The number of benzene rings is 1. The van der Waals surface area contributed by atoms with E-state index in [0.717, 1.165) is 51.7 Å². The molecule has 3 heteroatoms. The van der Waals surface area contributed by atoms with Crippen LogP contribution in [0.15, 0.2) is 54.9 Å². The predicted octanol–water partition coefficient (Wildman–Crippen LogP) is 3.68. The minimum atomic E-state index is 0.125. The third kappa shape index (κ3) is 4.65. The molecule has 3 nitrogen and oxygen atoms in total. The van der Waals surface area contributed by atoms with Crippen LogP contribution in [0.3, 0.4) is 0 Å². The molecule has 0 amide bonds. The van der Waals surface area contributed by atoms with Gasteiger partial charge in [-0.2, -0.15) is 0 Å². The van der Waals surface area contributed by atoms with Gasteiger partial charge < -0.3 is 5.11 Å². The van der Waals surface area contributed by atoms with Crippen molar-refractivity contribution >= 4 is 0 Å². The third-order valence-corrected chi connectivity index (χ3v) is 5.40. The molecule has 0 unspecified atom stereocenters. The van der Waals surface area contributed by atoms with Crippen LogP contribution in [-0.2, 0) is 13.0 Å². The number of aliphatic hydroxyl groups is 1. The first-order chi connectivity index (χ1) is 11.8. The first-order valence-electron chi connectivity index (χ1n) is 9.06. The molecule has 1 fully saturated rings. The molecule has 1 aromatic carbocycles. The van der Waals surface area contributed by atoms with Crippen LogP contribution in [0, 0.1) is 5.41 Å². The molecule has 0 atom stereocenters. The summed E-state index contributed by atoms with van der Waals surface area (Å²) in [5.41, 5.74) is 2.80. The molecule has 0 spiro atoms. The van der Waals surface area contributed by atoms with E-state index in [2.05, 4.69) is 46.3 Å². The lowest BCUT2D eigenvalue weighted by Crippen LogP contribution is -2.41. The Kier molecular flexibility index (Phi) is 6.00. The summed E-state index contributed by atoms with van der Waals surface area (Å²) < 4.78 is 0. The van der Waals surface area contributed by atoms with E-state index in [1.807, 2.05) is 18.5 Å². The molecule has 2 aromatic rings. The Balaban J connectivity index is 1.47. The Bertz CT molecular complexity index is 592. The van der Waals surface area contributed by atoms with Crippen molar-refractivity contribution in [1.82, 2.24) is 9.88 Å². The maximum Gasteiger partial charge on any atom is 0.0488 e. The maximum atomic E-state index is 9.99. The van der Waals surface area contributed by atoms with Gasteiger partial charge in [-0.3, -0.25) is 9.88 Å². The largest absolute Gasteiger partial charge is 0.396 e. The molecule has 0 saturated carbocycles. The van der Waals surface area contributed by atoms with Gasteiger partial charge in [-0.05, 0) is 67.8 Å². The van der Waals surface area contributed by atoms with Crippen molar-refractivity contribution in [2.45, 2.75) is 38.6 Å². The average molecular weight is 324 g/mol. The minimum absolute atomic E-state index is 0.125. The van der Waals surface area contributed by atoms with Crippen LogP contribution in [0.5, 0.6) is 0 Å². The molecule has 1 aromatic heterocycles. The predicted molar refractivity (Wildman–Crippen MR) is 97.6 cm³/mol. The number of aryl methyl sites for hydroxylation is 1. The molecule has 128 valence electrons. The van der Waals surface area contributed by atoms with Crippen LogP contribution in [0.4, 0.5) is 0 Å². The minimum Gasteiger partial charge on any atom is -0.396 e. The Morgan fingerprint density at radius 2 is 1.75 bits per heavy atom. The quantitative estimate of drug-likeness (QED) is 0.844. The van der Waals surface area contributed by atoms with Crippen LogP contribution in [0.25, 0.3) is 0 Å². The lowest BCUT2D eigenvalue weighted by atomic mass is 9.75. The number of pyridine rings is 1. The zero-order valence-corrected chi connectivity index (χ0v) is 14.4. The molecule has 1 saturated heterocycles. The second-order valence-corrected chi connectivity index (χ2v) is 7.13. The van der Waals surface area contributed by atoms with E-state index in [-0.39, 0.29) is 5.41 Å². The smallest absolute Gasteiger partial charge is 0.0488 e. The van der Waals surface area contributed by atoms with Crippen molar-refractivity contribution in [3.63, 3.8) is 0 Å². The molecule has 1 aliphatic heterocycles. The fourth-order valence-electron chi connectivity index (χ4n) is 3.73. The number of hydrogen-bond donors (Lipinski definition) is 1. The van der Waals surface area contributed by atoms with E-state index in [1.54, 1.807) is 0 Å². The molecular formula is C21H28N2O. The number of hydrogen-bond acceptors (Lipinski definition) is 3. The van der Waals surface area contributed by atoms with Gasteiger partial charge >= 0.3 is 0 Å². The number of likely N-dealkylation sites (tertiary alicyclic amines) is 1. The summed E-state index contributed by atoms with van der Waals surface area (Å²) in [4.78, 5) is 6.69. The molecule has 2 heterocycles. The summed E-state index contributed by atoms with van der Waals surface area (Å²) >= 11 is 0. The fourth-order valence-corrected chi connectivity index (χ4v) is 3.73. The lowest BCUT2D eigenvalue weighted by molar-refractivity contribution is 0.0329. The second-order valence-electron chi connectivity index (χ2n) is 7.13. The maximum absolute atomic E-state index is 9.99. The summed E-state index contributed by atoms with van der Waals surface area (Å²) in [6.07, 6.45) is 9.36. The molecule has 1 aliphatic rings. The highest BCUT2D eigenvalue weighted by molar-refractivity contribution is 5.14. The van der Waals surface area contributed by atoms with Crippen LogP contribution >= 0.6 is 0 Å². The topological polar surface area (TPSA) is 36.4 Å². The van der Waals surface area contributed by atoms with Gasteiger partial charge in [0.05, 0.1) is 0 Å². The summed E-state index contributed by atoms with van der Waals surface area (Å²) in [5.74, 6) is 0. The van der Waals surface area contributed by atoms with Gasteiger partial charge in [0.2, 0.25) is 0 Å². The molecule has 0 bridgehead atoms. The van der Waals surface area contributed by atoms with E-state index < -0.39 is 0 Å². The van der Waals surface area contributed by atoms with E-state index in [0.29, 0.717) is 6.61 Å². The van der Waals surface area contributed by atoms with Crippen molar-refractivity contribution in [3.05, 3.63) is 66.0 Å². The van der Waals surface area contributed by atoms with Gasteiger partial charge in [0.1, 0.15) is 0 Å². The van der Waals surface area contributed by atoms with Gasteiger partial charge in [0.25, 0.3) is 0 Å². The highest BCUT2D eigenvalue weighted by atomic mass is 16.3. The lowest BCUT2D eigenvalue weighted by Gasteiger charge is -2.41.